The summed E-state index contributed by atoms with van der Waals surface area (Å²) in [6.45, 7) is 0.674. The molecule has 1 aromatic heterocycles. The number of aromatic nitrogens is 2. The number of rotatable bonds is 6. The second-order valence-electron chi connectivity index (χ2n) is 5.63. The van der Waals surface area contributed by atoms with Crippen LogP contribution in [0, 0.1) is 0 Å². The van der Waals surface area contributed by atoms with E-state index in [1.807, 2.05) is 60.7 Å². The zero-order valence-electron chi connectivity index (χ0n) is 13.7. The predicted octanol–water partition coefficient (Wildman–Crippen LogP) is 2.19. The van der Waals surface area contributed by atoms with Gasteiger partial charge in [0.05, 0.1) is 12.5 Å². The average Bonchev–Trinajstić information content (AvgIpc) is 2.65. The lowest BCUT2D eigenvalue weighted by molar-refractivity contribution is -0.121. The minimum absolute atomic E-state index is 0.0959. The monoisotopic (exact) mass is 333 g/mol. The lowest BCUT2D eigenvalue weighted by Crippen LogP contribution is -2.34. The van der Waals surface area contributed by atoms with Crippen LogP contribution in [0.1, 0.15) is 17.0 Å². The first-order chi connectivity index (χ1) is 12.3. The quantitative estimate of drug-likeness (QED) is 0.752. The SMILES string of the molecule is O=C(NCCn1ncccc1=O)C(c1ccccc1)c1ccccc1. The van der Waals surface area contributed by atoms with Crippen LogP contribution in [0.25, 0.3) is 0 Å². The van der Waals surface area contributed by atoms with Gasteiger partial charge in [-0.2, -0.15) is 5.10 Å². The van der Waals surface area contributed by atoms with Crippen LogP contribution in [0.15, 0.2) is 83.8 Å². The fourth-order valence-corrected chi connectivity index (χ4v) is 2.73. The van der Waals surface area contributed by atoms with E-state index in [4.69, 9.17) is 0 Å². The number of carbonyl (C=O) groups excluding carboxylic acids is 1. The Kier molecular flexibility index (Phi) is 5.36. The summed E-state index contributed by atoms with van der Waals surface area (Å²) >= 11 is 0. The Hall–Kier alpha value is -3.21. The van der Waals surface area contributed by atoms with Gasteiger partial charge in [-0.05, 0) is 17.2 Å². The molecule has 1 amide bonds. The minimum Gasteiger partial charge on any atom is -0.353 e. The molecule has 0 aliphatic heterocycles. The zero-order valence-corrected chi connectivity index (χ0v) is 13.7. The van der Waals surface area contributed by atoms with Crippen molar-refractivity contribution in [3.63, 3.8) is 0 Å². The number of benzene rings is 2. The first-order valence-electron chi connectivity index (χ1n) is 8.15. The van der Waals surface area contributed by atoms with Crippen molar-refractivity contribution in [2.24, 2.45) is 0 Å². The van der Waals surface area contributed by atoms with E-state index in [2.05, 4.69) is 10.4 Å². The summed E-state index contributed by atoms with van der Waals surface area (Å²) in [5.41, 5.74) is 1.68. The molecule has 126 valence electrons. The first-order valence-corrected chi connectivity index (χ1v) is 8.15. The van der Waals surface area contributed by atoms with Crippen LogP contribution < -0.4 is 10.9 Å². The van der Waals surface area contributed by atoms with E-state index in [0.717, 1.165) is 11.1 Å². The number of carbonyl (C=O) groups is 1. The van der Waals surface area contributed by atoms with E-state index in [-0.39, 0.29) is 17.4 Å². The molecule has 0 saturated carbocycles. The fraction of sp³-hybridized carbons (Fsp3) is 0.150. The van der Waals surface area contributed by atoms with Crippen molar-refractivity contribution >= 4 is 5.91 Å². The average molecular weight is 333 g/mol. The maximum atomic E-state index is 12.8. The van der Waals surface area contributed by atoms with Gasteiger partial charge in [0.2, 0.25) is 5.91 Å². The summed E-state index contributed by atoms with van der Waals surface area (Å²) in [6.07, 6.45) is 1.56. The van der Waals surface area contributed by atoms with Crippen molar-refractivity contribution < 1.29 is 4.79 Å². The normalized spacial score (nSPS) is 10.6. The number of nitrogens with one attached hydrogen (secondary N) is 1. The van der Waals surface area contributed by atoms with Gasteiger partial charge >= 0.3 is 0 Å². The van der Waals surface area contributed by atoms with Crippen LogP contribution in [-0.2, 0) is 11.3 Å². The highest BCUT2D eigenvalue weighted by Crippen LogP contribution is 2.24. The topological polar surface area (TPSA) is 64.0 Å². The van der Waals surface area contributed by atoms with Crippen molar-refractivity contribution in [1.82, 2.24) is 15.1 Å². The Balaban J connectivity index is 1.74. The second kappa shape index (κ2) is 8.06. The molecule has 2 aromatic carbocycles. The van der Waals surface area contributed by atoms with Crippen LogP contribution in [0.4, 0.5) is 0 Å². The van der Waals surface area contributed by atoms with Crippen LogP contribution in [0.3, 0.4) is 0 Å². The van der Waals surface area contributed by atoms with Crippen LogP contribution in [-0.4, -0.2) is 22.2 Å². The summed E-state index contributed by atoms with van der Waals surface area (Å²) < 4.78 is 1.33. The van der Waals surface area contributed by atoms with Crippen molar-refractivity contribution in [2.75, 3.05) is 6.54 Å². The number of amides is 1. The molecule has 1 N–H and O–H groups in total. The molecular formula is C20H19N3O2. The van der Waals surface area contributed by atoms with E-state index in [1.165, 1.54) is 10.7 Å². The van der Waals surface area contributed by atoms with Gasteiger partial charge in [0.1, 0.15) is 0 Å². The Labute approximate surface area is 145 Å². The molecule has 0 spiro atoms. The van der Waals surface area contributed by atoms with Gasteiger partial charge < -0.3 is 5.32 Å². The number of nitrogens with zero attached hydrogens (tertiary/aromatic N) is 2. The molecule has 25 heavy (non-hydrogen) atoms. The molecule has 1 heterocycles. The van der Waals surface area contributed by atoms with E-state index >= 15 is 0 Å². The molecule has 0 fully saturated rings. The van der Waals surface area contributed by atoms with Gasteiger partial charge in [-0.15, -0.1) is 0 Å². The highest BCUT2D eigenvalue weighted by molar-refractivity contribution is 5.87. The van der Waals surface area contributed by atoms with Gasteiger partial charge in [0.15, 0.2) is 0 Å². The molecule has 3 rings (SSSR count). The molecule has 0 radical (unpaired) electrons. The van der Waals surface area contributed by atoms with Crippen LogP contribution in [0.2, 0.25) is 0 Å². The minimum atomic E-state index is -0.386. The third-order valence-corrected chi connectivity index (χ3v) is 3.94. The Morgan fingerprint density at radius 1 is 0.920 bits per heavy atom. The molecule has 0 unspecified atom stereocenters. The number of hydrogen-bond acceptors (Lipinski definition) is 3. The van der Waals surface area contributed by atoms with Crippen molar-refractivity contribution in [1.29, 1.82) is 0 Å². The van der Waals surface area contributed by atoms with Crippen molar-refractivity contribution in [2.45, 2.75) is 12.5 Å². The van der Waals surface area contributed by atoms with Crippen LogP contribution >= 0.6 is 0 Å². The lowest BCUT2D eigenvalue weighted by atomic mass is 9.90. The summed E-state index contributed by atoms with van der Waals surface area (Å²) in [5.74, 6) is -0.482. The van der Waals surface area contributed by atoms with Gasteiger partial charge in [-0.3, -0.25) is 9.59 Å². The summed E-state index contributed by atoms with van der Waals surface area (Å²) in [7, 11) is 0. The Bertz CT molecular complexity index is 836. The standard InChI is InChI=1S/C20H19N3O2/c24-18-12-7-13-22-23(18)15-14-21-20(25)19(16-8-3-1-4-9-16)17-10-5-2-6-11-17/h1-13,19H,14-15H2,(H,21,25). The van der Waals surface area contributed by atoms with Crippen molar-refractivity contribution in [3.05, 3.63) is 100 Å². The molecule has 0 aliphatic carbocycles. The highest BCUT2D eigenvalue weighted by Gasteiger charge is 2.22. The maximum absolute atomic E-state index is 12.8. The van der Waals surface area contributed by atoms with E-state index in [1.54, 1.807) is 12.3 Å². The summed E-state index contributed by atoms with van der Waals surface area (Å²) in [6, 6.07) is 22.4. The second-order valence-corrected chi connectivity index (χ2v) is 5.63. The largest absolute Gasteiger partial charge is 0.353 e. The van der Waals surface area contributed by atoms with Gasteiger partial charge in [0.25, 0.3) is 5.56 Å². The third-order valence-electron chi connectivity index (χ3n) is 3.94. The molecule has 0 saturated heterocycles. The number of hydrogen-bond donors (Lipinski definition) is 1. The predicted molar refractivity (Wildman–Crippen MR) is 96.2 cm³/mol. The van der Waals surface area contributed by atoms with Gasteiger partial charge in [0, 0.05) is 18.8 Å². The Morgan fingerprint density at radius 3 is 2.08 bits per heavy atom. The molecule has 5 heteroatoms. The summed E-state index contributed by atoms with van der Waals surface area (Å²) in [5, 5.41) is 6.91. The van der Waals surface area contributed by atoms with E-state index in [9.17, 15) is 9.59 Å². The van der Waals surface area contributed by atoms with Crippen LogP contribution in [0.5, 0.6) is 0 Å². The van der Waals surface area contributed by atoms with Gasteiger partial charge in [-0.25, -0.2) is 4.68 Å². The summed E-state index contributed by atoms with van der Waals surface area (Å²) in [4.78, 5) is 24.5. The molecule has 0 aliphatic rings. The fourth-order valence-electron chi connectivity index (χ4n) is 2.73. The smallest absolute Gasteiger partial charge is 0.266 e. The molecule has 5 nitrogen and oxygen atoms in total. The molecule has 0 bridgehead atoms. The first kappa shape index (κ1) is 16.6. The zero-order chi connectivity index (χ0) is 17.5. The Morgan fingerprint density at radius 2 is 1.52 bits per heavy atom. The molecule has 3 aromatic rings. The molecule has 0 atom stereocenters. The molecular weight excluding hydrogens is 314 g/mol. The van der Waals surface area contributed by atoms with Crippen molar-refractivity contribution in [3.8, 4) is 0 Å². The third kappa shape index (κ3) is 4.20. The van der Waals surface area contributed by atoms with E-state index < -0.39 is 0 Å². The van der Waals surface area contributed by atoms with Gasteiger partial charge in [-0.1, -0.05) is 60.7 Å². The highest BCUT2D eigenvalue weighted by atomic mass is 16.2. The maximum Gasteiger partial charge on any atom is 0.266 e. The lowest BCUT2D eigenvalue weighted by Gasteiger charge is -2.18. The van der Waals surface area contributed by atoms with E-state index in [0.29, 0.717) is 13.1 Å².